The van der Waals surface area contributed by atoms with Gasteiger partial charge in [-0.2, -0.15) is 8.78 Å². The summed E-state index contributed by atoms with van der Waals surface area (Å²) in [5.41, 5.74) is 2.85. The molecule has 2 heterocycles. The van der Waals surface area contributed by atoms with Crippen LogP contribution in [-0.4, -0.2) is 50.9 Å². The number of halogens is 2. The van der Waals surface area contributed by atoms with Gasteiger partial charge in [0.1, 0.15) is 5.82 Å². The van der Waals surface area contributed by atoms with Crippen LogP contribution in [0, 0.1) is 6.92 Å². The molecular formula is C25H27F2N5O4. The number of nitrogens with one attached hydrogen (secondary N) is 3. The first-order valence-electron chi connectivity index (χ1n) is 11.1. The lowest BCUT2D eigenvalue weighted by Gasteiger charge is -2.24. The molecule has 36 heavy (non-hydrogen) atoms. The van der Waals surface area contributed by atoms with Crippen molar-refractivity contribution < 1.29 is 28.3 Å². The number of carboxylic acids is 1. The summed E-state index contributed by atoms with van der Waals surface area (Å²) in [6.07, 6.45) is 2.04. The van der Waals surface area contributed by atoms with E-state index >= 15 is 0 Å². The highest BCUT2D eigenvalue weighted by Gasteiger charge is 2.39. The fraction of sp³-hybridized carbons (Fsp3) is 0.280. The summed E-state index contributed by atoms with van der Waals surface area (Å²) < 4.78 is 26.9. The molecule has 0 saturated heterocycles. The first-order chi connectivity index (χ1) is 17.0. The molecule has 3 amide bonds. The second kappa shape index (κ2) is 11.0. The van der Waals surface area contributed by atoms with Crippen LogP contribution < -0.4 is 10.6 Å². The zero-order valence-corrected chi connectivity index (χ0v) is 20.0. The normalized spacial score (nSPS) is 12.0. The van der Waals surface area contributed by atoms with E-state index in [1.165, 1.54) is 23.4 Å². The second-order valence-electron chi connectivity index (χ2n) is 8.45. The Labute approximate surface area is 206 Å². The fourth-order valence-corrected chi connectivity index (χ4v) is 3.44. The lowest BCUT2D eigenvalue weighted by Crippen LogP contribution is -2.31. The van der Waals surface area contributed by atoms with Crippen molar-refractivity contribution in [1.29, 1.82) is 0 Å². The topological polar surface area (TPSA) is 127 Å². The Morgan fingerprint density at radius 3 is 2.53 bits per heavy atom. The highest BCUT2D eigenvalue weighted by atomic mass is 19.3. The summed E-state index contributed by atoms with van der Waals surface area (Å²) in [5, 5.41) is 14.0. The highest BCUT2D eigenvalue weighted by molar-refractivity contribution is 5.99. The van der Waals surface area contributed by atoms with Crippen molar-refractivity contribution in [3.05, 3.63) is 77.2 Å². The average molecular weight is 500 g/mol. The summed E-state index contributed by atoms with van der Waals surface area (Å²) in [7, 11) is 1.59. The molecule has 0 spiro atoms. The van der Waals surface area contributed by atoms with Gasteiger partial charge in [0.05, 0.1) is 18.9 Å². The number of aliphatic carboxylic acids is 1. The maximum atomic E-state index is 13.5. The van der Waals surface area contributed by atoms with Crippen molar-refractivity contribution >= 4 is 29.4 Å². The van der Waals surface area contributed by atoms with Gasteiger partial charge in [0.2, 0.25) is 5.91 Å². The molecular weight excluding hydrogens is 472 g/mol. The van der Waals surface area contributed by atoms with Crippen molar-refractivity contribution in [2.45, 2.75) is 38.7 Å². The third-order valence-corrected chi connectivity index (χ3v) is 5.76. The number of hydrogen-bond donors (Lipinski definition) is 4. The van der Waals surface area contributed by atoms with Gasteiger partial charge in [0, 0.05) is 30.8 Å². The van der Waals surface area contributed by atoms with Crippen LogP contribution in [0.1, 0.15) is 35.3 Å². The molecule has 1 atom stereocenters. The van der Waals surface area contributed by atoms with Gasteiger partial charge in [0.25, 0.3) is 0 Å². The zero-order chi connectivity index (χ0) is 26.5. The SMILES string of the molecule is Cc1ccccc1NC(=O)Nc1ccc(CC(=O)N(C)C(C)c2c[nH]c(CC(F)(F)C(=O)O)c2)cn1. The van der Waals surface area contributed by atoms with Crippen LogP contribution in [0.15, 0.2) is 54.9 Å². The van der Waals surface area contributed by atoms with E-state index in [4.69, 9.17) is 5.11 Å². The summed E-state index contributed by atoms with van der Waals surface area (Å²) in [6, 6.07) is 11.2. The van der Waals surface area contributed by atoms with E-state index in [0.717, 1.165) is 5.56 Å². The van der Waals surface area contributed by atoms with Crippen LogP contribution >= 0.6 is 0 Å². The molecule has 1 aromatic carbocycles. The van der Waals surface area contributed by atoms with Crippen molar-refractivity contribution in [1.82, 2.24) is 14.9 Å². The van der Waals surface area contributed by atoms with Gasteiger partial charge in [-0.05, 0) is 48.7 Å². The monoisotopic (exact) mass is 499 g/mol. The van der Waals surface area contributed by atoms with Crippen molar-refractivity contribution in [2.75, 3.05) is 17.7 Å². The number of carbonyl (C=O) groups is 3. The molecule has 0 radical (unpaired) electrons. The maximum Gasteiger partial charge on any atom is 0.374 e. The largest absolute Gasteiger partial charge is 0.477 e. The first kappa shape index (κ1) is 26.3. The van der Waals surface area contributed by atoms with Crippen molar-refractivity contribution in [3.8, 4) is 0 Å². The number of alkyl halides is 2. The van der Waals surface area contributed by atoms with E-state index < -0.39 is 30.4 Å². The Bertz CT molecular complexity index is 1240. The number of aromatic nitrogens is 2. The van der Waals surface area contributed by atoms with Gasteiger partial charge in [0.15, 0.2) is 0 Å². The fourth-order valence-electron chi connectivity index (χ4n) is 3.44. The molecule has 0 fully saturated rings. The molecule has 3 aromatic rings. The molecule has 0 aliphatic rings. The van der Waals surface area contributed by atoms with Gasteiger partial charge in [-0.1, -0.05) is 24.3 Å². The number of anilines is 2. The highest BCUT2D eigenvalue weighted by Crippen LogP contribution is 2.25. The molecule has 11 heteroatoms. The number of carbonyl (C=O) groups excluding carboxylic acids is 2. The second-order valence-corrected chi connectivity index (χ2v) is 8.45. The summed E-state index contributed by atoms with van der Waals surface area (Å²) in [5.74, 6) is -6.00. The molecule has 2 aromatic heterocycles. The maximum absolute atomic E-state index is 13.5. The van der Waals surface area contributed by atoms with Crippen LogP contribution in [0.2, 0.25) is 0 Å². The Hall–Kier alpha value is -4.28. The Morgan fingerprint density at radius 1 is 1.17 bits per heavy atom. The van der Waals surface area contributed by atoms with E-state index in [0.29, 0.717) is 22.6 Å². The number of amides is 3. The van der Waals surface area contributed by atoms with Gasteiger partial charge < -0.3 is 20.3 Å². The number of urea groups is 1. The van der Waals surface area contributed by atoms with E-state index in [2.05, 4.69) is 20.6 Å². The molecule has 1 unspecified atom stereocenters. The number of H-pyrrole nitrogens is 1. The smallest absolute Gasteiger partial charge is 0.374 e. The van der Waals surface area contributed by atoms with Gasteiger partial charge >= 0.3 is 17.9 Å². The number of rotatable bonds is 9. The van der Waals surface area contributed by atoms with Crippen LogP contribution in [0.5, 0.6) is 0 Å². The number of likely N-dealkylation sites (N-methyl/N-ethyl adjacent to an activating group) is 1. The lowest BCUT2D eigenvalue weighted by atomic mass is 10.1. The Balaban J connectivity index is 1.55. The quantitative estimate of drug-likeness (QED) is 0.347. The minimum Gasteiger partial charge on any atom is -0.477 e. The van der Waals surface area contributed by atoms with Crippen molar-refractivity contribution in [2.24, 2.45) is 0 Å². The molecule has 9 nitrogen and oxygen atoms in total. The molecule has 0 aliphatic carbocycles. The van der Waals surface area contributed by atoms with Gasteiger partial charge in [-0.15, -0.1) is 0 Å². The van der Waals surface area contributed by atoms with Crippen molar-refractivity contribution in [3.63, 3.8) is 0 Å². The van der Waals surface area contributed by atoms with E-state index in [1.807, 2.05) is 25.1 Å². The average Bonchev–Trinajstić information content (AvgIpc) is 3.28. The molecule has 3 rings (SSSR count). The van der Waals surface area contributed by atoms with E-state index in [9.17, 15) is 23.2 Å². The molecule has 0 bridgehead atoms. The number of pyridine rings is 1. The summed E-state index contributed by atoms with van der Waals surface area (Å²) >= 11 is 0. The molecule has 0 aliphatic heterocycles. The van der Waals surface area contributed by atoms with Crippen LogP contribution in [0.3, 0.4) is 0 Å². The van der Waals surface area contributed by atoms with Crippen LogP contribution in [0.25, 0.3) is 0 Å². The van der Waals surface area contributed by atoms with E-state index in [1.54, 1.807) is 32.2 Å². The lowest BCUT2D eigenvalue weighted by molar-refractivity contribution is -0.164. The van der Waals surface area contributed by atoms with Crippen LogP contribution in [0.4, 0.5) is 25.1 Å². The molecule has 0 saturated carbocycles. The standard InChI is InChI=1S/C25H27F2N5O4/c1-15-6-4-5-7-20(15)30-24(36)31-21-9-8-17(13-29-21)10-22(33)32(3)16(2)18-11-19(28-14-18)12-25(26,27)23(34)35/h4-9,11,13-14,16,28H,10,12H2,1-3H3,(H,34,35)(H2,29,30,31,36). The molecule has 190 valence electrons. The number of para-hydroxylation sites is 1. The molecule has 4 N–H and O–H groups in total. The summed E-state index contributed by atoms with van der Waals surface area (Å²) in [4.78, 5) is 43.9. The van der Waals surface area contributed by atoms with E-state index in [-0.39, 0.29) is 18.0 Å². The Morgan fingerprint density at radius 2 is 1.89 bits per heavy atom. The zero-order valence-electron chi connectivity index (χ0n) is 20.0. The predicted molar refractivity (Wildman–Crippen MR) is 130 cm³/mol. The number of aryl methyl sites for hydroxylation is 1. The third-order valence-electron chi connectivity index (χ3n) is 5.76. The number of benzene rings is 1. The number of hydrogen-bond acceptors (Lipinski definition) is 4. The third kappa shape index (κ3) is 6.65. The predicted octanol–water partition coefficient (Wildman–Crippen LogP) is 4.39. The first-order valence-corrected chi connectivity index (χ1v) is 11.1. The van der Waals surface area contributed by atoms with Gasteiger partial charge in [-0.25, -0.2) is 14.6 Å². The van der Waals surface area contributed by atoms with Crippen LogP contribution in [-0.2, 0) is 22.4 Å². The minimum absolute atomic E-state index is 0.0396. The number of aromatic amines is 1. The summed E-state index contributed by atoms with van der Waals surface area (Å²) in [6.45, 7) is 3.61. The number of carboxylic acid groups (broad SMARTS) is 1. The Kier molecular flexibility index (Phi) is 8.03. The number of nitrogens with zero attached hydrogens (tertiary/aromatic N) is 2. The minimum atomic E-state index is -3.89. The van der Waals surface area contributed by atoms with Gasteiger partial charge in [-0.3, -0.25) is 10.1 Å².